The van der Waals surface area contributed by atoms with Crippen LogP contribution in [0.2, 0.25) is 0 Å². The van der Waals surface area contributed by atoms with E-state index in [1.54, 1.807) is 0 Å². The fourth-order valence-corrected chi connectivity index (χ4v) is 2.22. The van der Waals surface area contributed by atoms with E-state index in [1.165, 1.54) is 12.8 Å². The number of aliphatic carboxylic acids is 1. The van der Waals surface area contributed by atoms with Gasteiger partial charge in [-0.15, -0.1) is 0 Å². The van der Waals surface area contributed by atoms with Gasteiger partial charge in [0.1, 0.15) is 0 Å². The van der Waals surface area contributed by atoms with E-state index in [1.807, 2.05) is 0 Å². The smallest absolute Gasteiger partial charge is 0.306 e. The SMILES string of the molecule is O=C(O)[C@@H]1CCC[C@H]2C[C@H]21. The predicted octanol–water partition coefficient (Wildman–Crippen LogP) is 1.51. The van der Waals surface area contributed by atoms with E-state index in [-0.39, 0.29) is 5.92 Å². The maximum Gasteiger partial charge on any atom is 0.306 e. The van der Waals surface area contributed by atoms with Gasteiger partial charge in [0.2, 0.25) is 0 Å². The van der Waals surface area contributed by atoms with Gasteiger partial charge in [-0.1, -0.05) is 12.8 Å². The Bertz CT molecular complexity index is 165. The summed E-state index contributed by atoms with van der Waals surface area (Å²) in [5, 5.41) is 8.74. The standard InChI is InChI=1S/C8H12O2/c9-8(10)6-3-1-2-5-4-7(5)6/h5-7H,1-4H2,(H,9,10)/t5-,6+,7+/m0/s1. The second kappa shape index (κ2) is 1.97. The van der Waals surface area contributed by atoms with Crippen molar-refractivity contribution in [2.24, 2.45) is 17.8 Å². The molecule has 2 fully saturated rings. The Morgan fingerprint density at radius 2 is 2.20 bits per heavy atom. The molecule has 0 aromatic rings. The molecule has 10 heavy (non-hydrogen) atoms. The zero-order valence-electron chi connectivity index (χ0n) is 5.92. The summed E-state index contributed by atoms with van der Waals surface area (Å²) in [6, 6.07) is 0. The first-order valence-corrected chi connectivity index (χ1v) is 4.02. The van der Waals surface area contributed by atoms with Crippen LogP contribution in [0.25, 0.3) is 0 Å². The zero-order chi connectivity index (χ0) is 7.14. The molecule has 0 aliphatic heterocycles. The van der Waals surface area contributed by atoms with Crippen molar-refractivity contribution in [2.75, 3.05) is 0 Å². The van der Waals surface area contributed by atoms with E-state index in [4.69, 9.17) is 5.11 Å². The van der Waals surface area contributed by atoms with Crippen LogP contribution < -0.4 is 0 Å². The van der Waals surface area contributed by atoms with Crippen LogP contribution in [0.5, 0.6) is 0 Å². The molecule has 0 heterocycles. The van der Waals surface area contributed by atoms with Gasteiger partial charge in [0.05, 0.1) is 5.92 Å². The Morgan fingerprint density at radius 1 is 1.40 bits per heavy atom. The van der Waals surface area contributed by atoms with Crippen molar-refractivity contribution in [3.05, 3.63) is 0 Å². The Balaban J connectivity index is 2.02. The van der Waals surface area contributed by atoms with Crippen molar-refractivity contribution in [3.8, 4) is 0 Å². The first kappa shape index (κ1) is 6.20. The monoisotopic (exact) mass is 140 g/mol. The van der Waals surface area contributed by atoms with Gasteiger partial charge in [0.25, 0.3) is 0 Å². The molecule has 2 aliphatic carbocycles. The molecule has 2 aliphatic rings. The van der Waals surface area contributed by atoms with E-state index in [0.29, 0.717) is 5.92 Å². The van der Waals surface area contributed by atoms with Crippen LogP contribution in [0.15, 0.2) is 0 Å². The quantitative estimate of drug-likeness (QED) is 0.599. The van der Waals surface area contributed by atoms with Crippen LogP contribution in [-0.4, -0.2) is 11.1 Å². The van der Waals surface area contributed by atoms with Crippen molar-refractivity contribution >= 4 is 5.97 Å². The molecule has 0 spiro atoms. The first-order chi connectivity index (χ1) is 4.79. The third kappa shape index (κ3) is 0.825. The molecule has 2 nitrogen and oxygen atoms in total. The van der Waals surface area contributed by atoms with Gasteiger partial charge in [-0.25, -0.2) is 0 Å². The lowest BCUT2D eigenvalue weighted by atomic mass is 9.89. The molecule has 0 amide bonds. The number of hydrogen-bond donors (Lipinski definition) is 1. The van der Waals surface area contributed by atoms with Crippen molar-refractivity contribution in [3.63, 3.8) is 0 Å². The number of carboxylic acid groups (broad SMARTS) is 1. The lowest BCUT2D eigenvalue weighted by Crippen LogP contribution is -2.19. The van der Waals surface area contributed by atoms with Gasteiger partial charge in [0.15, 0.2) is 0 Å². The Labute approximate surface area is 60.2 Å². The molecule has 1 N–H and O–H groups in total. The third-order valence-electron chi connectivity index (χ3n) is 2.90. The molecule has 56 valence electrons. The van der Waals surface area contributed by atoms with Gasteiger partial charge in [0, 0.05) is 0 Å². The number of fused-ring (bicyclic) bond motifs is 1. The van der Waals surface area contributed by atoms with E-state index >= 15 is 0 Å². The summed E-state index contributed by atoms with van der Waals surface area (Å²) in [5.41, 5.74) is 0. The third-order valence-corrected chi connectivity index (χ3v) is 2.90. The molecule has 0 saturated heterocycles. The minimum absolute atomic E-state index is 0.0127. The van der Waals surface area contributed by atoms with E-state index in [0.717, 1.165) is 18.8 Å². The second-order valence-electron chi connectivity index (χ2n) is 3.54. The lowest BCUT2D eigenvalue weighted by Gasteiger charge is -2.16. The van der Waals surface area contributed by atoms with E-state index < -0.39 is 5.97 Å². The lowest BCUT2D eigenvalue weighted by molar-refractivity contribution is -0.143. The van der Waals surface area contributed by atoms with Crippen LogP contribution in [0.1, 0.15) is 25.7 Å². The number of carboxylic acids is 1. The molecule has 2 heteroatoms. The number of carbonyl (C=O) groups is 1. The van der Waals surface area contributed by atoms with Gasteiger partial charge in [-0.05, 0) is 24.7 Å². The highest BCUT2D eigenvalue weighted by Crippen LogP contribution is 2.52. The maximum atomic E-state index is 10.6. The van der Waals surface area contributed by atoms with Crippen LogP contribution >= 0.6 is 0 Å². The number of rotatable bonds is 1. The number of hydrogen-bond acceptors (Lipinski definition) is 1. The molecule has 3 atom stereocenters. The summed E-state index contributed by atoms with van der Waals surface area (Å²) in [6.07, 6.45) is 4.54. The summed E-state index contributed by atoms with van der Waals surface area (Å²) < 4.78 is 0. The molecule has 2 saturated carbocycles. The van der Waals surface area contributed by atoms with Gasteiger partial charge in [-0.3, -0.25) is 4.79 Å². The maximum absolute atomic E-state index is 10.6. The fraction of sp³-hybridized carbons (Fsp3) is 0.875. The predicted molar refractivity (Wildman–Crippen MR) is 36.6 cm³/mol. The zero-order valence-corrected chi connectivity index (χ0v) is 5.92. The normalized spacial score (nSPS) is 44.2. The largest absolute Gasteiger partial charge is 0.481 e. The Morgan fingerprint density at radius 3 is 2.80 bits per heavy atom. The van der Waals surface area contributed by atoms with Crippen molar-refractivity contribution in [1.82, 2.24) is 0 Å². The Kier molecular flexibility index (Phi) is 1.22. The topological polar surface area (TPSA) is 37.3 Å². The molecule has 0 unspecified atom stereocenters. The van der Waals surface area contributed by atoms with E-state index in [2.05, 4.69) is 0 Å². The van der Waals surface area contributed by atoms with E-state index in [9.17, 15) is 4.79 Å². The van der Waals surface area contributed by atoms with Gasteiger partial charge in [-0.2, -0.15) is 0 Å². The molecule has 0 aromatic carbocycles. The average Bonchev–Trinajstić information content (AvgIpc) is 2.63. The molecular formula is C8H12O2. The molecule has 2 rings (SSSR count). The summed E-state index contributed by atoms with van der Waals surface area (Å²) in [6.45, 7) is 0. The van der Waals surface area contributed by atoms with Crippen molar-refractivity contribution < 1.29 is 9.90 Å². The van der Waals surface area contributed by atoms with Crippen molar-refractivity contribution in [2.45, 2.75) is 25.7 Å². The summed E-state index contributed by atoms with van der Waals surface area (Å²) in [7, 11) is 0. The molecule has 0 radical (unpaired) electrons. The van der Waals surface area contributed by atoms with Gasteiger partial charge < -0.3 is 5.11 Å². The molecular weight excluding hydrogens is 128 g/mol. The minimum Gasteiger partial charge on any atom is -0.481 e. The fourth-order valence-electron chi connectivity index (χ4n) is 2.22. The highest BCUT2D eigenvalue weighted by atomic mass is 16.4. The Hall–Kier alpha value is -0.530. The van der Waals surface area contributed by atoms with Gasteiger partial charge >= 0.3 is 5.97 Å². The minimum atomic E-state index is -0.563. The summed E-state index contributed by atoms with van der Waals surface area (Å²) >= 11 is 0. The van der Waals surface area contributed by atoms with Crippen LogP contribution in [0.4, 0.5) is 0 Å². The van der Waals surface area contributed by atoms with Crippen molar-refractivity contribution in [1.29, 1.82) is 0 Å². The molecule has 0 bridgehead atoms. The van der Waals surface area contributed by atoms with Crippen LogP contribution in [0, 0.1) is 17.8 Å². The second-order valence-corrected chi connectivity index (χ2v) is 3.54. The van der Waals surface area contributed by atoms with Crippen LogP contribution in [-0.2, 0) is 4.79 Å². The average molecular weight is 140 g/mol. The summed E-state index contributed by atoms with van der Waals surface area (Å²) in [5.74, 6) is 0.798. The summed E-state index contributed by atoms with van der Waals surface area (Å²) in [4.78, 5) is 10.6. The highest BCUT2D eigenvalue weighted by Gasteiger charge is 2.47. The highest BCUT2D eigenvalue weighted by molar-refractivity contribution is 5.71. The molecule has 0 aromatic heterocycles. The van der Waals surface area contributed by atoms with Crippen LogP contribution in [0.3, 0.4) is 0 Å². The first-order valence-electron chi connectivity index (χ1n) is 4.02.